The Morgan fingerprint density at radius 1 is 1.67 bits per heavy atom. The number of allylic oxidation sites excluding steroid dienone is 1. The number of rotatable bonds is 1. The second-order valence-electron chi connectivity index (χ2n) is 1.57. The van der Waals surface area contributed by atoms with E-state index in [1.165, 1.54) is 6.39 Å². The molecule has 1 heterocycles. The molecule has 46 valence electrons. The van der Waals surface area contributed by atoms with E-state index in [9.17, 15) is 0 Å². The van der Waals surface area contributed by atoms with Crippen LogP contribution in [0.15, 0.2) is 23.5 Å². The van der Waals surface area contributed by atoms with E-state index >= 15 is 0 Å². The molecule has 1 rings (SSSR count). The first-order valence-corrected chi connectivity index (χ1v) is 2.56. The fourth-order valence-corrected chi connectivity index (χ4v) is 0.521. The SMILES string of the molecule is C=C/C=c1/ocnc1=C. The van der Waals surface area contributed by atoms with Gasteiger partial charge in [-0.2, -0.15) is 0 Å². The van der Waals surface area contributed by atoms with Crippen LogP contribution in [0.3, 0.4) is 0 Å². The molecular weight excluding hydrogens is 114 g/mol. The van der Waals surface area contributed by atoms with Crippen LogP contribution in [-0.4, -0.2) is 4.98 Å². The third kappa shape index (κ3) is 1.08. The monoisotopic (exact) mass is 121 g/mol. The minimum atomic E-state index is 0.648. The van der Waals surface area contributed by atoms with Crippen LogP contribution in [0.1, 0.15) is 0 Å². The zero-order valence-electron chi connectivity index (χ0n) is 5.00. The van der Waals surface area contributed by atoms with Crippen molar-refractivity contribution in [2.24, 2.45) is 0 Å². The van der Waals surface area contributed by atoms with Crippen molar-refractivity contribution >= 4 is 12.7 Å². The molecule has 0 atom stereocenters. The summed E-state index contributed by atoms with van der Waals surface area (Å²) in [4.78, 5) is 3.78. The van der Waals surface area contributed by atoms with Gasteiger partial charge in [-0.15, -0.1) is 0 Å². The summed E-state index contributed by atoms with van der Waals surface area (Å²) in [6.07, 6.45) is 4.71. The molecular formula is C7H7NO. The number of hydrogen-bond donors (Lipinski definition) is 0. The molecule has 0 aliphatic rings. The molecule has 0 amide bonds. The maximum atomic E-state index is 4.90. The summed E-state index contributed by atoms with van der Waals surface area (Å²) in [5.74, 6) is 0. The van der Waals surface area contributed by atoms with E-state index in [-0.39, 0.29) is 0 Å². The smallest absolute Gasteiger partial charge is 0.181 e. The largest absolute Gasteiger partial charge is 0.444 e. The first-order valence-electron chi connectivity index (χ1n) is 2.56. The summed E-state index contributed by atoms with van der Waals surface area (Å²) in [6, 6.07) is 0. The highest BCUT2D eigenvalue weighted by molar-refractivity contribution is 5.30. The number of nitrogens with zero attached hydrogens (tertiary/aromatic N) is 1. The number of hydrogen-bond acceptors (Lipinski definition) is 2. The minimum Gasteiger partial charge on any atom is -0.444 e. The molecule has 0 unspecified atom stereocenters. The zero-order valence-corrected chi connectivity index (χ0v) is 5.00. The van der Waals surface area contributed by atoms with Crippen molar-refractivity contribution in [3.8, 4) is 0 Å². The lowest BCUT2D eigenvalue weighted by molar-refractivity contribution is 0.525. The molecule has 1 aromatic rings. The highest BCUT2D eigenvalue weighted by Gasteiger charge is 1.81. The highest BCUT2D eigenvalue weighted by atomic mass is 16.3. The van der Waals surface area contributed by atoms with Gasteiger partial charge in [0, 0.05) is 0 Å². The van der Waals surface area contributed by atoms with Crippen LogP contribution in [-0.2, 0) is 0 Å². The van der Waals surface area contributed by atoms with E-state index in [4.69, 9.17) is 4.42 Å². The van der Waals surface area contributed by atoms with Crippen LogP contribution < -0.4 is 10.8 Å². The Bertz CT molecular complexity index is 297. The summed E-state index contributed by atoms with van der Waals surface area (Å²) in [5, 5.41) is 0.648. The van der Waals surface area contributed by atoms with E-state index in [1.807, 2.05) is 0 Å². The molecule has 9 heavy (non-hydrogen) atoms. The normalized spacial score (nSPS) is 11.8. The number of aromatic nitrogens is 1. The zero-order chi connectivity index (χ0) is 6.69. The predicted octanol–water partition coefficient (Wildman–Crippen LogP) is 0.0514. The van der Waals surface area contributed by atoms with E-state index in [1.54, 1.807) is 12.2 Å². The maximum absolute atomic E-state index is 4.90. The van der Waals surface area contributed by atoms with Crippen LogP contribution >= 0.6 is 0 Å². The first kappa shape index (κ1) is 5.82. The lowest BCUT2D eigenvalue weighted by Crippen LogP contribution is -2.19. The van der Waals surface area contributed by atoms with Crippen LogP contribution in [0.4, 0.5) is 0 Å². The molecule has 2 nitrogen and oxygen atoms in total. The first-order chi connectivity index (χ1) is 4.34. The Hall–Kier alpha value is -1.31. The molecule has 0 spiro atoms. The summed E-state index contributed by atoms with van der Waals surface area (Å²) < 4.78 is 4.90. The molecule has 1 aromatic heterocycles. The summed E-state index contributed by atoms with van der Waals surface area (Å²) in [5.41, 5.74) is 0.671. The molecule has 0 N–H and O–H groups in total. The average molecular weight is 121 g/mol. The Morgan fingerprint density at radius 2 is 2.44 bits per heavy atom. The van der Waals surface area contributed by atoms with E-state index in [0.717, 1.165) is 0 Å². The third-order valence-electron chi connectivity index (χ3n) is 0.942. The van der Waals surface area contributed by atoms with Crippen LogP contribution in [0.2, 0.25) is 0 Å². The molecule has 2 heteroatoms. The van der Waals surface area contributed by atoms with Gasteiger partial charge in [-0.3, -0.25) is 0 Å². The fourth-order valence-electron chi connectivity index (χ4n) is 0.521. The van der Waals surface area contributed by atoms with Crippen LogP contribution in [0, 0.1) is 0 Å². The lowest BCUT2D eigenvalue weighted by Gasteiger charge is -1.67. The van der Waals surface area contributed by atoms with Crippen molar-refractivity contribution in [2.45, 2.75) is 0 Å². The quantitative estimate of drug-likeness (QED) is 0.524. The third-order valence-corrected chi connectivity index (χ3v) is 0.942. The topological polar surface area (TPSA) is 26.0 Å². The molecule has 0 aliphatic heterocycles. The molecule has 0 radical (unpaired) electrons. The predicted molar refractivity (Wildman–Crippen MR) is 35.9 cm³/mol. The second kappa shape index (κ2) is 2.31. The molecule has 0 saturated heterocycles. The van der Waals surface area contributed by atoms with Gasteiger partial charge in [-0.05, 0) is 6.08 Å². The van der Waals surface area contributed by atoms with Crippen molar-refractivity contribution in [1.29, 1.82) is 0 Å². The van der Waals surface area contributed by atoms with Crippen molar-refractivity contribution in [3.63, 3.8) is 0 Å². The molecule has 0 bridgehead atoms. The van der Waals surface area contributed by atoms with Crippen molar-refractivity contribution < 1.29 is 4.42 Å². The fraction of sp³-hybridized carbons (Fsp3) is 0. The summed E-state index contributed by atoms with van der Waals surface area (Å²) in [7, 11) is 0. The minimum absolute atomic E-state index is 0.648. The molecule has 0 fully saturated rings. The van der Waals surface area contributed by atoms with Gasteiger partial charge in [-0.1, -0.05) is 19.2 Å². The molecule has 0 aliphatic carbocycles. The standard InChI is InChI=1S/C7H7NO/c1-3-4-7-6(2)8-5-9-7/h3-5H,1-2H2/b7-4+. The molecule has 0 aromatic carbocycles. The van der Waals surface area contributed by atoms with E-state index in [0.29, 0.717) is 10.8 Å². The van der Waals surface area contributed by atoms with Crippen LogP contribution in [0.25, 0.3) is 12.7 Å². The Labute approximate surface area is 52.8 Å². The Kier molecular flexibility index (Phi) is 1.49. The van der Waals surface area contributed by atoms with Crippen LogP contribution in [0.5, 0.6) is 0 Å². The van der Waals surface area contributed by atoms with Gasteiger partial charge in [-0.25, -0.2) is 4.98 Å². The van der Waals surface area contributed by atoms with E-state index in [2.05, 4.69) is 18.1 Å². The number of oxazole rings is 1. The highest BCUT2D eigenvalue weighted by Crippen LogP contribution is 1.64. The van der Waals surface area contributed by atoms with Gasteiger partial charge in [0.15, 0.2) is 11.8 Å². The second-order valence-corrected chi connectivity index (χ2v) is 1.57. The van der Waals surface area contributed by atoms with Crippen molar-refractivity contribution in [3.05, 3.63) is 29.8 Å². The molecule has 0 saturated carbocycles. The van der Waals surface area contributed by atoms with Gasteiger partial charge >= 0.3 is 0 Å². The Morgan fingerprint density at radius 3 is 2.89 bits per heavy atom. The lowest BCUT2D eigenvalue weighted by atomic mass is 10.5. The van der Waals surface area contributed by atoms with Gasteiger partial charge in [0.05, 0.1) is 0 Å². The van der Waals surface area contributed by atoms with Gasteiger partial charge in [0.1, 0.15) is 5.35 Å². The van der Waals surface area contributed by atoms with Gasteiger partial charge in [0.2, 0.25) is 0 Å². The maximum Gasteiger partial charge on any atom is 0.181 e. The summed E-state index contributed by atoms with van der Waals surface area (Å²) >= 11 is 0. The van der Waals surface area contributed by atoms with Gasteiger partial charge in [0.25, 0.3) is 0 Å². The van der Waals surface area contributed by atoms with Crippen molar-refractivity contribution in [2.75, 3.05) is 0 Å². The Balaban J connectivity index is 3.39. The summed E-state index contributed by atoms with van der Waals surface area (Å²) in [6.45, 7) is 7.12. The average Bonchev–Trinajstić information content (AvgIpc) is 2.18. The van der Waals surface area contributed by atoms with E-state index < -0.39 is 0 Å². The van der Waals surface area contributed by atoms with Crippen molar-refractivity contribution in [1.82, 2.24) is 4.98 Å². The van der Waals surface area contributed by atoms with Gasteiger partial charge < -0.3 is 4.42 Å².